The molecule has 1 aromatic heterocycles. The zero-order chi connectivity index (χ0) is 16.7. The minimum Gasteiger partial charge on any atom is -0.369 e. The highest BCUT2D eigenvalue weighted by molar-refractivity contribution is 5.96. The van der Waals surface area contributed by atoms with Gasteiger partial charge in [0.15, 0.2) is 0 Å². The van der Waals surface area contributed by atoms with Crippen molar-refractivity contribution in [2.45, 2.75) is 53.0 Å². The van der Waals surface area contributed by atoms with Crippen molar-refractivity contribution in [2.24, 2.45) is 11.7 Å². The topological polar surface area (TPSA) is 81.2 Å². The molecule has 2 heterocycles. The van der Waals surface area contributed by atoms with E-state index in [2.05, 4.69) is 25.9 Å². The first-order valence-electron chi connectivity index (χ1n) is 7.78. The van der Waals surface area contributed by atoms with E-state index in [4.69, 9.17) is 5.73 Å². The number of rotatable bonds is 2. The molecule has 1 aliphatic heterocycles. The molecule has 1 saturated heterocycles. The van der Waals surface area contributed by atoms with Crippen molar-refractivity contribution in [1.29, 1.82) is 0 Å². The van der Waals surface area contributed by atoms with Gasteiger partial charge in [0.25, 0.3) is 5.91 Å². The monoisotopic (exact) mass is 306 g/mol. The number of aryl methyl sites for hydroxylation is 1. The van der Waals surface area contributed by atoms with Crippen LogP contribution in [0.2, 0.25) is 0 Å². The van der Waals surface area contributed by atoms with E-state index in [1.54, 1.807) is 0 Å². The van der Waals surface area contributed by atoms with Crippen LogP contribution in [0.25, 0.3) is 0 Å². The molecule has 0 saturated carbocycles. The third-order valence-electron chi connectivity index (χ3n) is 4.33. The number of hydrogen-bond donors (Lipinski definition) is 1. The van der Waals surface area contributed by atoms with Gasteiger partial charge in [-0.3, -0.25) is 14.3 Å². The van der Waals surface area contributed by atoms with Crippen molar-refractivity contribution in [3.8, 4) is 0 Å². The maximum absolute atomic E-state index is 12.8. The third kappa shape index (κ3) is 3.00. The summed E-state index contributed by atoms with van der Waals surface area (Å²) in [4.78, 5) is 25.9. The second kappa shape index (κ2) is 5.74. The minimum atomic E-state index is -0.264. The summed E-state index contributed by atoms with van der Waals surface area (Å²) in [5, 5.41) is 4.54. The second-order valence-corrected chi connectivity index (χ2v) is 7.10. The van der Waals surface area contributed by atoms with Crippen LogP contribution in [-0.2, 0) is 10.3 Å². The van der Waals surface area contributed by atoms with E-state index >= 15 is 0 Å². The number of nitrogens with zero attached hydrogens (tertiary/aromatic N) is 3. The summed E-state index contributed by atoms with van der Waals surface area (Å²) in [6, 6.07) is 0. The first-order valence-corrected chi connectivity index (χ1v) is 7.78. The Morgan fingerprint density at radius 3 is 2.14 bits per heavy atom. The fourth-order valence-corrected chi connectivity index (χ4v) is 3.13. The van der Waals surface area contributed by atoms with Gasteiger partial charge in [-0.25, -0.2) is 0 Å². The molecule has 6 nitrogen and oxygen atoms in total. The summed E-state index contributed by atoms with van der Waals surface area (Å²) in [6.07, 6.45) is 1.29. The number of carbonyl (C=O) groups is 2. The van der Waals surface area contributed by atoms with Crippen LogP contribution in [-0.4, -0.2) is 39.6 Å². The van der Waals surface area contributed by atoms with Crippen molar-refractivity contribution in [2.75, 3.05) is 13.1 Å². The van der Waals surface area contributed by atoms with E-state index in [0.29, 0.717) is 31.5 Å². The predicted octanol–water partition coefficient (Wildman–Crippen LogP) is 1.59. The van der Waals surface area contributed by atoms with Crippen LogP contribution in [0.4, 0.5) is 0 Å². The van der Waals surface area contributed by atoms with E-state index in [1.165, 1.54) is 0 Å². The number of piperidine rings is 1. The quantitative estimate of drug-likeness (QED) is 0.901. The highest BCUT2D eigenvalue weighted by Gasteiger charge is 2.30. The molecule has 0 unspecified atom stereocenters. The summed E-state index contributed by atoms with van der Waals surface area (Å²) in [7, 11) is 0. The smallest absolute Gasteiger partial charge is 0.257 e. The van der Waals surface area contributed by atoms with E-state index in [0.717, 1.165) is 11.4 Å². The van der Waals surface area contributed by atoms with Gasteiger partial charge in [0.2, 0.25) is 5.91 Å². The Morgan fingerprint density at radius 2 is 1.73 bits per heavy atom. The summed E-state index contributed by atoms with van der Waals surface area (Å²) in [5.41, 5.74) is 7.52. The Hall–Kier alpha value is -1.85. The summed E-state index contributed by atoms with van der Waals surface area (Å²) >= 11 is 0. The third-order valence-corrected chi connectivity index (χ3v) is 4.33. The predicted molar refractivity (Wildman–Crippen MR) is 84.5 cm³/mol. The fraction of sp³-hybridized carbons (Fsp3) is 0.688. The molecular formula is C16H26N4O2. The number of nitrogens with two attached hydrogens (primary N) is 1. The minimum absolute atomic E-state index is 0.00780. The Kier molecular flexibility index (Phi) is 4.31. The highest BCUT2D eigenvalue weighted by Crippen LogP contribution is 2.25. The Labute approximate surface area is 131 Å². The van der Waals surface area contributed by atoms with Crippen molar-refractivity contribution in [3.05, 3.63) is 17.0 Å². The van der Waals surface area contributed by atoms with Crippen LogP contribution < -0.4 is 5.73 Å². The van der Waals surface area contributed by atoms with Gasteiger partial charge in [-0.05, 0) is 47.5 Å². The van der Waals surface area contributed by atoms with Gasteiger partial charge in [0.05, 0.1) is 16.8 Å². The zero-order valence-corrected chi connectivity index (χ0v) is 14.1. The van der Waals surface area contributed by atoms with Crippen LogP contribution >= 0.6 is 0 Å². The van der Waals surface area contributed by atoms with E-state index in [9.17, 15) is 9.59 Å². The summed E-state index contributed by atoms with van der Waals surface area (Å²) in [6.45, 7) is 11.2. The molecule has 1 aliphatic rings. The molecule has 0 radical (unpaired) electrons. The van der Waals surface area contributed by atoms with Crippen LogP contribution in [0.15, 0.2) is 0 Å². The van der Waals surface area contributed by atoms with Crippen LogP contribution in [0, 0.1) is 19.8 Å². The molecule has 122 valence electrons. The number of hydrogen-bond acceptors (Lipinski definition) is 3. The Balaban J connectivity index is 2.21. The number of carbonyl (C=O) groups excluding carboxylic acids is 2. The molecule has 6 heteroatoms. The zero-order valence-electron chi connectivity index (χ0n) is 14.1. The van der Waals surface area contributed by atoms with E-state index < -0.39 is 0 Å². The lowest BCUT2D eigenvalue weighted by Gasteiger charge is -2.30. The average molecular weight is 306 g/mol. The maximum Gasteiger partial charge on any atom is 0.257 e. The van der Waals surface area contributed by atoms with Crippen LogP contribution in [0.5, 0.6) is 0 Å². The maximum atomic E-state index is 12.8. The van der Waals surface area contributed by atoms with Crippen molar-refractivity contribution >= 4 is 11.8 Å². The lowest BCUT2D eigenvalue weighted by molar-refractivity contribution is -0.123. The average Bonchev–Trinajstić information content (AvgIpc) is 2.73. The molecular weight excluding hydrogens is 280 g/mol. The molecule has 0 atom stereocenters. The van der Waals surface area contributed by atoms with Gasteiger partial charge < -0.3 is 10.6 Å². The van der Waals surface area contributed by atoms with Gasteiger partial charge in [0.1, 0.15) is 0 Å². The first-order chi connectivity index (χ1) is 10.1. The molecule has 0 bridgehead atoms. The van der Waals surface area contributed by atoms with Crippen molar-refractivity contribution in [3.63, 3.8) is 0 Å². The molecule has 1 fully saturated rings. The molecule has 0 aliphatic carbocycles. The molecule has 2 N–H and O–H groups in total. The SMILES string of the molecule is Cc1nn(C(C)(C)C)c(C)c1C(=O)N1CCC(C(N)=O)CC1. The number of amides is 2. The standard InChI is InChI=1S/C16H26N4O2/c1-10-13(11(2)20(18-10)16(3,4)5)15(22)19-8-6-12(7-9-19)14(17)21/h12H,6-9H2,1-5H3,(H2,17,21). The molecule has 1 aromatic rings. The summed E-state index contributed by atoms with van der Waals surface area (Å²) < 4.78 is 1.91. The van der Waals surface area contributed by atoms with Crippen molar-refractivity contribution < 1.29 is 9.59 Å². The summed E-state index contributed by atoms with van der Waals surface area (Å²) in [5.74, 6) is -0.364. The lowest BCUT2D eigenvalue weighted by atomic mass is 9.95. The van der Waals surface area contributed by atoms with Gasteiger partial charge in [-0.1, -0.05) is 0 Å². The second-order valence-electron chi connectivity index (χ2n) is 7.10. The molecule has 2 rings (SSSR count). The highest BCUT2D eigenvalue weighted by atomic mass is 16.2. The van der Waals surface area contributed by atoms with E-state index in [-0.39, 0.29) is 23.3 Å². The number of aromatic nitrogens is 2. The molecule has 0 aromatic carbocycles. The molecule has 2 amide bonds. The fourth-order valence-electron chi connectivity index (χ4n) is 3.13. The van der Waals surface area contributed by atoms with Gasteiger partial charge in [-0.2, -0.15) is 5.10 Å². The van der Waals surface area contributed by atoms with Gasteiger partial charge >= 0.3 is 0 Å². The van der Waals surface area contributed by atoms with Crippen molar-refractivity contribution in [1.82, 2.24) is 14.7 Å². The van der Waals surface area contributed by atoms with Crippen LogP contribution in [0.1, 0.15) is 55.4 Å². The van der Waals surface area contributed by atoms with Gasteiger partial charge in [0, 0.05) is 24.7 Å². The number of primary amides is 1. The van der Waals surface area contributed by atoms with Gasteiger partial charge in [-0.15, -0.1) is 0 Å². The lowest BCUT2D eigenvalue weighted by Crippen LogP contribution is -2.42. The normalized spacial score (nSPS) is 16.9. The van der Waals surface area contributed by atoms with Crippen LogP contribution in [0.3, 0.4) is 0 Å². The molecule has 22 heavy (non-hydrogen) atoms. The van der Waals surface area contributed by atoms with E-state index in [1.807, 2.05) is 23.4 Å². The molecule has 0 spiro atoms. The largest absolute Gasteiger partial charge is 0.369 e. The Morgan fingerprint density at radius 1 is 1.18 bits per heavy atom. The number of likely N-dealkylation sites (tertiary alicyclic amines) is 1. The Bertz CT molecular complexity index is 590. The first kappa shape index (κ1) is 16.5.